The van der Waals surface area contributed by atoms with Crippen LogP contribution in [0.15, 0.2) is 54.6 Å². The van der Waals surface area contributed by atoms with Crippen LogP contribution in [0.4, 0.5) is 5.69 Å². The van der Waals surface area contributed by atoms with E-state index >= 15 is 0 Å². The maximum atomic E-state index is 13.5. The third-order valence-electron chi connectivity index (χ3n) is 5.53. The summed E-state index contributed by atoms with van der Waals surface area (Å²) in [5, 5.41) is 1.53. The Morgan fingerprint density at radius 1 is 0.833 bits per heavy atom. The van der Waals surface area contributed by atoms with E-state index in [-0.39, 0.29) is 12.3 Å². The van der Waals surface area contributed by atoms with Gasteiger partial charge in [-0.2, -0.15) is 0 Å². The Hall–Kier alpha value is -1.79. The minimum Gasteiger partial charge on any atom is -0.325 e. The molecule has 0 fully saturated rings. The quantitative estimate of drug-likeness (QED) is 0.554. The van der Waals surface area contributed by atoms with Gasteiger partial charge < -0.3 is 23.4 Å². The van der Waals surface area contributed by atoms with Crippen molar-refractivity contribution in [2.75, 3.05) is 33.8 Å². The third kappa shape index (κ3) is 3.58. The fraction of sp³-hybridized carbons (Fsp3) is 0.350. The molecule has 0 spiro atoms. The molecule has 3 rings (SSSR count). The van der Waals surface area contributed by atoms with E-state index in [1.807, 2.05) is 24.3 Å². The fourth-order valence-corrected chi connectivity index (χ4v) is 8.74. The summed E-state index contributed by atoms with van der Waals surface area (Å²) in [5.74, 6) is -0.336. The molecule has 2 aromatic carbocycles. The largest absolute Gasteiger partial charge is 0.345 e. The number of fused-ring (bicyclic) bond motifs is 1. The summed E-state index contributed by atoms with van der Waals surface area (Å²) in [7, 11) is -3.19. The van der Waals surface area contributed by atoms with Gasteiger partial charge in [-0.05, 0) is 23.6 Å². The summed E-state index contributed by atoms with van der Waals surface area (Å²) in [6, 6.07) is 16.3. The lowest BCUT2D eigenvalue weighted by Crippen LogP contribution is -2.39. The number of hydrogen-bond acceptors (Lipinski definition) is 7. The first-order chi connectivity index (χ1) is 14.3. The van der Waals surface area contributed by atoms with Gasteiger partial charge in [-0.15, -0.1) is 0 Å². The molecule has 1 N–H and O–H groups in total. The molecule has 10 heteroatoms. The van der Waals surface area contributed by atoms with E-state index in [0.717, 1.165) is 0 Å². The molecular weight excluding hydrogens is 428 g/mol. The van der Waals surface area contributed by atoms with Gasteiger partial charge >= 0.3 is 15.2 Å². The smallest absolute Gasteiger partial charge is 0.325 e. The summed E-state index contributed by atoms with van der Waals surface area (Å²) < 4.78 is 47.7. The Bertz CT molecular complexity index is 971. The van der Waals surface area contributed by atoms with Crippen LogP contribution in [0, 0.1) is 0 Å². The van der Waals surface area contributed by atoms with Gasteiger partial charge in [0, 0.05) is 34.1 Å². The normalized spacial score (nSPS) is 19.0. The number of amides is 1. The predicted octanol–water partition coefficient (Wildman–Crippen LogP) is 4.61. The summed E-state index contributed by atoms with van der Waals surface area (Å²) in [5.41, 5.74) is 0.639. The third-order valence-corrected chi connectivity index (χ3v) is 11.1. The minimum absolute atomic E-state index is 0.183. The van der Waals surface area contributed by atoms with Crippen molar-refractivity contribution in [3.63, 3.8) is 0 Å². The highest BCUT2D eigenvalue weighted by Gasteiger charge is 2.58. The molecule has 0 aliphatic carbocycles. The Balaban J connectivity index is 2.29. The standard InChI is InChI=1S/C20H25NO7P2/c1-25-29(23,26-2)18(30(24,27-3)28-4)14-20(15-10-6-5-7-11-15)16-12-8-9-13-17(16)21-19(20)22/h5-13,18H,14H2,1-4H3,(H,21,22)/t20-/m1/s1. The summed E-state index contributed by atoms with van der Waals surface area (Å²) >= 11 is 0. The number of rotatable bonds is 9. The van der Waals surface area contributed by atoms with E-state index in [4.69, 9.17) is 18.1 Å². The molecule has 1 aliphatic rings. The van der Waals surface area contributed by atoms with Crippen molar-refractivity contribution >= 4 is 26.8 Å². The lowest BCUT2D eigenvalue weighted by Gasteiger charge is -2.36. The van der Waals surface area contributed by atoms with Gasteiger partial charge in [0.1, 0.15) is 5.41 Å². The van der Waals surface area contributed by atoms with Crippen molar-refractivity contribution < 1.29 is 32.0 Å². The van der Waals surface area contributed by atoms with Crippen molar-refractivity contribution in [2.45, 2.75) is 17.2 Å². The Labute approximate surface area is 175 Å². The first-order valence-electron chi connectivity index (χ1n) is 9.20. The molecule has 1 heterocycles. The molecule has 1 aliphatic heterocycles. The van der Waals surface area contributed by atoms with Gasteiger partial charge in [0.25, 0.3) is 0 Å². The van der Waals surface area contributed by atoms with Gasteiger partial charge in [-0.25, -0.2) is 0 Å². The van der Waals surface area contributed by atoms with Crippen LogP contribution in [0.2, 0.25) is 0 Å². The number of nitrogens with one attached hydrogen (secondary N) is 1. The van der Waals surface area contributed by atoms with E-state index in [1.54, 1.807) is 30.3 Å². The molecule has 30 heavy (non-hydrogen) atoms. The van der Waals surface area contributed by atoms with E-state index in [2.05, 4.69) is 5.32 Å². The van der Waals surface area contributed by atoms with Crippen molar-refractivity contribution in [3.05, 3.63) is 65.7 Å². The molecule has 0 saturated carbocycles. The SMILES string of the molecule is COP(=O)(OC)C(C[C@]1(c2ccccc2)C(=O)Nc2ccccc21)P(=O)(OC)OC. The number of carbonyl (C=O) groups is 1. The highest BCUT2D eigenvalue weighted by Crippen LogP contribution is 2.72. The van der Waals surface area contributed by atoms with Crippen LogP contribution in [0.25, 0.3) is 0 Å². The number of para-hydroxylation sites is 1. The second kappa shape index (κ2) is 8.75. The Morgan fingerprint density at radius 2 is 1.33 bits per heavy atom. The van der Waals surface area contributed by atoms with Crippen molar-refractivity contribution in [3.8, 4) is 0 Å². The number of benzene rings is 2. The summed E-state index contributed by atoms with van der Waals surface area (Å²) in [6.07, 6.45) is -0.183. The summed E-state index contributed by atoms with van der Waals surface area (Å²) in [6.45, 7) is 0. The summed E-state index contributed by atoms with van der Waals surface area (Å²) in [4.78, 5) is 13.4. The predicted molar refractivity (Wildman–Crippen MR) is 114 cm³/mol. The second-order valence-corrected chi connectivity index (χ2v) is 12.0. The fourth-order valence-electron chi connectivity index (χ4n) is 3.95. The van der Waals surface area contributed by atoms with Gasteiger partial charge in [-0.1, -0.05) is 48.5 Å². The minimum atomic E-state index is -3.99. The van der Waals surface area contributed by atoms with Crippen LogP contribution >= 0.6 is 15.2 Å². The molecular formula is C20H25NO7P2. The van der Waals surface area contributed by atoms with Crippen LogP contribution in [0.3, 0.4) is 0 Å². The number of anilines is 1. The zero-order valence-electron chi connectivity index (χ0n) is 17.2. The van der Waals surface area contributed by atoms with Crippen LogP contribution in [0.1, 0.15) is 17.5 Å². The highest BCUT2D eigenvalue weighted by molar-refractivity contribution is 7.72. The van der Waals surface area contributed by atoms with Crippen LogP contribution < -0.4 is 5.32 Å². The van der Waals surface area contributed by atoms with E-state index in [1.165, 1.54) is 28.4 Å². The van der Waals surface area contributed by atoms with Crippen molar-refractivity contribution in [2.24, 2.45) is 0 Å². The molecule has 162 valence electrons. The lowest BCUT2D eigenvalue weighted by molar-refractivity contribution is -0.119. The lowest BCUT2D eigenvalue weighted by atomic mass is 9.73. The molecule has 0 radical (unpaired) electrons. The van der Waals surface area contributed by atoms with Crippen molar-refractivity contribution in [1.29, 1.82) is 0 Å². The maximum absolute atomic E-state index is 13.5. The number of hydrogen-bond donors (Lipinski definition) is 1. The molecule has 1 atom stereocenters. The molecule has 0 bridgehead atoms. The first kappa shape index (κ1) is 22.9. The second-order valence-electron chi connectivity index (χ2n) is 6.77. The topological polar surface area (TPSA) is 100 Å². The Morgan fingerprint density at radius 3 is 1.87 bits per heavy atom. The van der Waals surface area contributed by atoms with E-state index < -0.39 is 26.0 Å². The van der Waals surface area contributed by atoms with E-state index in [0.29, 0.717) is 16.8 Å². The molecule has 8 nitrogen and oxygen atoms in total. The molecule has 0 unspecified atom stereocenters. The van der Waals surface area contributed by atoms with Crippen LogP contribution in [-0.2, 0) is 37.4 Å². The zero-order chi connectivity index (χ0) is 22.0. The molecule has 0 aromatic heterocycles. The van der Waals surface area contributed by atoms with Crippen molar-refractivity contribution in [1.82, 2.24) is 0 Å². The van der Waals surface area contributed by atoms with E-state index in [9.17, 15) is 13.9 Å². The highest BCUT2D eigenvalue weighted by atomic mass is 31.2. The first-order valence-corrected chi connectivity index (χ1v) is 12.4. The monoisotopic (exact) mass is 453 g/mol. The zero-order valence-corrected chi connectivity index (χ0v) is 19.0. The molecule has 1 amide bonds. The maximum Gasteiger partial charge on any atom is 0.345 e. The Kier molecular flexibility index (Phi) is 6.68. The van der Waals surface area contributed by atoms with Gasteiger partial charge in [0.2, 0.25) is 5.91 Å². The van der Waals surface area contributed by atoms with Crippen LogP contribution in [-0.4, -0.2) is 39.7 Å². The molecule has 2 aromatic rings. The molecule has 0 saturated heterocycles. The average Bonchev–Trinajstić information content (AvgIpc) is 3.09. The van der Waals surface area contributed by atoms with Gasteiger partial charge in [0.15, 0.2) is 5.40 Å². The average molecular weight is 453 g/mol. The van der Waals surface area contributed by atoms with Gasteiger partial charge in [0.05, 0.1) is 0 Å². The van der Waals surface area contributed by atoms with Crippen LogP contribution in [0.5, 0.6) is 0 Å². The number of carbonyl (C=O) groups excluding carboxylic acids is 1. The van der Waals surface area contributed by atoms with Gasteiger partial charge in [-0.3, -0.25) is 13.9 Å².